The molecule has 1 N–H and O–H groups in total. The second kappa shape index (κ2) is 6.19. The molecule has 1 aliphatic carbocycles. The average molecular weight is 238 g/mol. The summed E-state index contributed by atoms with van der Waals surface area (Å²) in [6, 6.07) is 0.905. The molecule has 1 saturated carbocycles. The monoisotopic (exact) mass is 238 g/mol. The van der Waals surface area contributed by atoms with E-state index in [0.717, 1.165) is 23.8 Å². The van der Waals surface area contributed by atoms with Crippen molar-refractivity contribution in [2.45, 2.75) is 52.5 Å². The van der Waals surface area contributed by atoms with Crippen LogP contribution in [0.1, 0.15) is 46.5 Å². The van der Waals surface area contributed by atoms with Gasteiger partial charge in [-0.3, -0.25) is 0 Å². The van der Waals surface area contributed by atoms with Crippen molar-refractivity contribution in [1.29, 1.82) is 0 Å². The molecule has 1 aliphatic heterocycles. The third-order valence-electron chi connectivity index (χ3n) is 4.97. The van der Waals surface area contributed by atoms with Crippen LogP contribution in [0.2, 0.25) is 0 Å². The van der Waals surface area contributed by atoms with E-state index in [1.54, 1.807) is 0 Å². The molecule has 0 spiro atoms. The van der Waals surface area contributed by atoms with Crippen LogP contribution in [-0.2, 0) is 0 Å². The second-order valence-electron chi connectivity index (χ2n) is 6.41. The minimum atomic E-state index is 0.892. The van der Waals surface area contributed by atoms with Gasteiger partial charge in [0.15, 0.2) is 0 Å². The normalized spacial score (nSPS) is 30.9. The zero-order valence-corrected chi connectivity index (χ0v) is 11.9. The number of hydrogen-bond donors (Lipinski definition) is 1. The Bertz CT molecular complexity index is 215. The highest BCUT2D eigenvalue weighted by Crippen LogP contribution is 2.37. The Morgan fingerprint density at radius 1 is 1.18 bits per heavy atom. The quantitative estimate of drug-likeness (QED) is 0.792. The summed E-state index contributed by atoms with van der Waals surface area (Å²) in [6.07, 6.45) is 5.68. The highest BCUT2D eigenvalue weighted by atomic mass is 15.2. The van der Waals surface area contributed by atoms with Crippen molar-refractivity contribution in [1.82, 2.24) is 10.2 Å². The van der Waals surface area contributed by atoms with Gasteiger partial charge in [-0.15, -0.1) is 0 Å². The Hall–Kier alpha value is -0.0800. The molecule has 2 nitrogen and oxygen atoms in total. The van der Waals surface area contributed by atoms with Gasteiger partial charge in [0.1, 0.15) is 0 Å². The minimum absolute atomic E-state index is 0.892. The Labute approximate surface area is 107 Å². The van der Waals surface area contributed by atoms with E-state index in [9.17, 15) is 0 Å². The highest BCUT2D eigenvalue weighted by molar-refractivity contribution is 4.89. The molecule has 0 aromatic rings. The standard InChI is InChI=1S/C15H30N2/c1-4-17(11-13-5-7-16-8-6-13)15-9-14(10-15)12(2)3/h12-16H,4-11H2,1-3H3. The Balaban J connectivity index is 1.73. The van der Waals surface area contributed by atoms with Crippen molar-refractivity contribution < 1.29 is 0 Å². The van der Waals surface area contributed by atoms with E-state index < -0.39 is 0 Å². The number of nitrogens with zero attached hydrogens (tertiary/aromatic N) is 1. The third-order valence-corrected chi connectivity index (χ3v) is 4.97. The maximum atomic E-state index is 3.47. The van der Waals surface area contributed by atoms with Crippen molar-refractivity contribution in [2.75, 3.05) is 26.2 Å². The molecule has 0 radical (unpaired) electrons. The molecule has 1 heterocycles. The molecule has 0 unspecified atom stereocenters. The summed E-state index contributed by atoms with van der Waals surface area (Å²) in [5.41, 5.74) is 0. The summed E-state index contributed by atoms with van der Waals surface area (Å²) in [7, 11) is 0. The second-order valence-corrected chi connectivity index (χ2v) is 6.41. The Kier molecular flexibility index (Phi) is 4.87. The molecule has 17 heavy (non-hydrogen) atoms. The summed E-state index contributed by atoms with van der Waals surface area (Å²) in [5, 5.41) is 3.47. The van der Waals surface area contributed by atoms with Gasteiger partial charge in [-0.1, -0.05) is 20.8 Å². The third kappa shape index (κ3) is 3.45. The fourth-order valence-electron chi connectivity index (χ4n) is 3.40. The number of nitrogens with one attached hydrogen (secondary N) is 1. The molecule has 2 fully saturated rings. The maximum absolute atomic E-state index is 3.47. The summed E-state index contributed by atoms with van der Waals surface area (Å²) in [5.74, 6) is 2.85. The average Bonchev–Trinajstić information content (AvgIpc) is 2.26. The fourth-order valence-corrected chi connectivity index (χ4v) is 3.40. The highest BCUT2D eigenvalue weighted by Gasteiger charge is 2.35. The molecular formula is C15H30N2. The van der Waals surface area contributed by atoms with Crippen LogP contribution in [0, 0.1) is 17.8 Å². The van der Waals surface area contributed by atoms with Crippen molar-refractivity contribution in [3.05, 3.63) is 0 Å². The van der Waals surface area contributed by atoms with E-state index in [4.69, 9.17) is 0 Å². The predicted octanol–water partition coefficient (Wildman–Crippen LogP) is 2.74. The molecule has 0 aromatic heterocycles. The summed E-state index contributed by atoms with van der Waals surface area (Å²) < 4.78 is 0. The van der Waals surface area contributed by atoms with Gasteiger partial charge in [-0.2, -0.15) is 0 Å². The van der Waals surface area contributed by atoms with E-state index in [0.29, 0.717) is 0 Å². The van der Waals surface area contributed by atoms with Gasteiger partial charge in [0.05, 0.1) is 0 Å². The smallest absolute Gasteiger partial charge is 0.0101 e. The van der Waals surface area contributed by atoms with Crippen LogP contribution in [0.15, 0.2) is 0 Å². The van der Waals surface area contributed by atoms with E-state index >= 15 is 0 Å². The maximum Gasteiger partial charge on any atom is 0.0101 e. The van der Waals surface area contributed by atoms with E-state index in [-0.39, 0.29) is 0 Å². The van der Waals surface area contributed by atoms with Crippen molar-refractivity contribution in [2.24, 2.45) is 17.8 Å². The summed E-state index contributed by atoms with van der Waals surface area (Å²) >= 11 is 0. The first-order chi connectivity index (χ1) is 8.20. The van der Waals surface area contributed by atoms with Crippen LogP contribution in [0.5, 0.6) is 0 Å². The first kappa shape index (κ1) is 13.4. The zero-order valence-electron chi connectivity index (χ0n) is 11.9. The van der Waals surface area contributed by atoms with E-state index in [2.05, 4.69) is 31.0 Å². The van der Waals surface area contributed by atoms with Gasteiger partial charge in [0.25, 0.3) is 0 Å². The van der Waals surface area contributed by atoms with Crippen LogP contribution < -0.4 is 5.32 Å². The molecule has 1 saturated heterocycles. The molecule has 0 aromatic carbocycles. The lowest BCUT2D eigenvalue weighted by Crippen LogP contribution is -2.48. The molecule has 0 amide bonds. The zero-order chi connectivity index (χ0) is 12.3. The molecule has 2 rings (SSSR count). The topological polar surface area (TPSA) is 15.3 Å². The van der Waals surface area contributed by atoms with Crippen LogP contribution in [0.25, 0.3) is 0 Å². The van der Waals surface area contributed by atoms with E-state index in [1.165, 1.54) is 51.9 Å². The molecule has 2 heteroatoms. The number of piperidine rings is 1. The molecule has 2 aliphatic rings. The van der Waals surface area contributed by atoms with Gasteiger partial charge in [-0.25, -0.2) is 0 Å². The Morgan fingerprint density at radius 2 is 1.82 bits per heavy atom. The van der Waals surface area contributed by atoms with Gasteiger partial charge in [0.2, 0.25) is 0 Å². The fraction of sp³-hybridized carbons (Fsp3) is 1.00. The van der Waals surface area contributed by atoms with Crippen LogP contribution in [0.3, 0.4) is 0 Å². The van der Waals surface area contributed by atoms with Gasteiger partial charge in [-0.05, 0) is 63.1 Å². The van der Waals surface area contributed by atoms with Gasteiger partial charge < -0.3 is 10.2 Å². The minimum Gasteiger partial charge on any atom is -0.317 e. The number of hydrogen-bond acceptors (Lipinski definition) is 2. The summed E-state index contributed by atoms with van der Waals surface area (Å²) in [6.45, 7) is 12.2. The van der Waals surface area contributed by atoms with Crippen LogP contribution in [0.4, 0.5) is 0 Å². The van der Waals surface area contributed by atoms with Gasteiger partial charge in [0, 0.05) is 12.6 Å². The predicted molar refractivity (Wildman–Crippen MR) is 74.2 cm³/mol. The Morgan fingerprint density at radius 3 is 2.35 bits per heavy atom. The lowest BCUT2D eigenvalue weighted by Gasteiger charge is -2.46. The lowest BCUT2D eigenvalue weighted by molar-refractivity contribution is 0.0444. The lowest BCUT2D eigenvalue weighted by atomic mass is 9.72. The molecule has 0 bridgehead atoms. The SMILES string of the molecule is CCN(CC1CCNCC1)C1CC(C(C)C)C1. The molecular weight excluding hydrogens is 208 g/mol. The molecule has 0 atom stereocenters. The summed E-state index contributed by atoms with van der Waals surface area (Å²) in [4.78, 5) is 2.76. The van der Waals surface area contributed by atoms with Crippen molar-refractivity contribution in [3.63, 3.8) is 0 Å². The molecule has 100 valence electrons. The first-order valence-electron chi connectivity index (χ1n) is 7.65. The van der Waals surface area contributed by atoms with E-state index in [1.807, 2.05) is 0 Å². The van der Waals surface area contributed by atoms with Crippen LogP contribution in [-0.4, -0.2) is 37.1 Å². The van der Waals surface area contributed by atoms with Crippen LogP contribution >= 0.6 is 0 Å². The van der Waals surface area contributed by atoms with Crippen molar-refractivity contribution >= 4 is 0 Å². The first-order valence-corrected chi connectivity index (χ1v) is 7.65. The number of rotatable bonds is 5. The largest absolute Gasteiger partial charge is 0.317 e. The van der Waals surface area contributed by atoms with Gasteiger partial charge >= 0.3 is 0 Å². The van der Waals surface area contributed by atoms with Crippen molar-refractivity contribution in [3.8, 4) is 0 Å².